The Hall–Kier alpha value is -2.27. The molecule has 2 aromatic rings. The number of aromatic nitrogens is 1. The summed E-state index contributed by atoms with van der Waals surface area (Å²) in [5.74, 6) is -0.524. The molecule has 5 nitrogen and oxygen atoms in total. The Morgan fingerprint density at radius 3 is 2.42 bits per heavy atom. The molecule has 1 aliphatic heterocycles. The monoisotopic (exact) mass is 345 g/mol. The van der Waals surface area contributed by atoms with Crippen molar-refractivity contribution in [3.8, 4) is 0 Å². The van der Waals surface area contributed by atoms with Crippen molar-refractivity contribution in [3.05, 3.63) is 41.7 Å². The maximum absolute atomic E-state index is 13.3. The average molecular weight is 346 g/mol. The minimum atomic E-state index is -0.252. The number of para-hydroxylation sites is 2. The summed E-state index contributed by atoms with van der Waals surface area (Å²) in [4.78, 5) is 29.2. The van der Waals surface area contributed by atoms with Crippen molar-refractivity contribution in [2.45, 2.75) is 26.8 Å². The van der Waals surface area contributed by atoms with Crippen LogP contribution >= 0.6 is 11.6 Å². The first kappa shape index (κ1) is 16.6. The second-order valence-electron chi connectivity index (χ2n) is 6.24. The third-order valence-electron chi connectivity index (χ3n) is 4.25. The predicted octanol–water partition coefficient (Wildman–Crippen LogP) is 3.61. The van der Waals surface area contributed by atoms with Gasteiger partial charge in [-0.1, -0.05) is 12.1 Å². The van der Waals surface area contributed by atoms with Gasteiger partial charge in [-0.25, -0.2) is 0 Å². The standard InChI is InChI=1S/C18H20ClN3O2/c1-11(2)21-13-7-5-6-8-14(13)22(15(23)9-19)16-12(3)10-20(4)17(16)18(21)24/h5-8,10-11H,9H2,1-4H3. The Balaban J connectivity index is 2.41. The number of fused-ring (bicyclic) bond motifs is 2. The molecule has 0 saturated heterocycles. The van der Waals surface area contributed by atoms with E-state index in [-0.39, 0.29) is 23.7 Å². The SMILES string of the molecule is Cc1cn(C)c2c1N(C(=O)CCl)c1ccccc1N(C(C)C)C2=O. The van der Waals surface area contributed by atoms with Crippen LogP contribution < -0.4 is 9.80 Å². The van der Waals surface area contributed by atoms with Crippen LogP contribution in [0.15, 0.2) is 30.5 Å². The van der Waals surface area contributed by atoms with Crippen LogP contribution in [0, 0.1) is 6.92 Å². The van der Waals surface area contributed by atoms with E-state index in [4.69, 9.17) is 11.6 Å². The van der Waals surface area contributed by atoms with Crippen molar-refractivity contribution in [1.29, 1.82) is 0 Å². The first-order valence-electron chi connectivity index (χ1n) is 7.86. The zero-order valence-corrected chi connectivity index (χ0v) is 15.0. The number of benzene rings is 1. The molecule has 0 saturated carbocycles. The van der Waals surface area contributed by atoms with E-state index in [9.17, 15) is 9.59 Å². The number of carbonyl (C=O) groups excluding carboxylic acids is 2. The van der Waals surface area contributed by atoms with Crippen LogP contribution in [-0.4, -0.2) is 28.3 Å². The van der Waals surface area contributed by atoms with Gasteiger partial charge in [0, 0.05) is 19.3 Å². The number of aryl methyl sites for hydroxylation is 2. The Morgan fingerprint density at radius 2 is 1.83 bits per heavy atom. The van der Waals surface area contributed by atoms with Gasteiger partial charge in [0.05, 0.1) is 17.1 Å². The number of amides is 2. The second kappa shape index (κ2) is 5.98. The Labute approximate surface area is 146 Å². The van der Waals surface area contributed by atoms with Gasteiger partial charge in [-0.15, -0.1) is 11.6 Å². The van der Waals surface area contributed by atoms with E-state index < -0.39 is 0 Å². The summed E-state index contributed by atoms with van der Waals surface area (Å²) >= 11 is 5.87. The molecule has 1 aromatic heterocycles. The molecule has 0 bridgehead atoms. The van der Waals surface area contributed by atoms with Gasteiger partial charge in [-0.3, -0.25) is 14.5 Å². The minimum Gasteiger partial charge on any atom is -0.345 e. The molecule has 126 valence electrons. The van der Waals surface area contributed by atoms with E-state index >= 15 is 0 Å². The normalized spacial score (nSPS) is 13.8. The molecule has 0 atom stereocenters. The molecule has 0 unspecified atom stereocenters. The molecule has 3 rings (SSSR count). The van der Waals surface area contributed by atoms with Crippen molar-refractivity contribution in [2.75, 3.05) is 15.7 Å². The molecular formula is C18H20ClN3O2. The van der Waals surface area contributed by atoms with Crippen LogP contribution in [0.1, 0.15) is 29.9 Å². The largest absolute Gasteiger partial charge is 0.345 e. The topological polar surface area (TPSA) is 45.6 Å². The van der Waals surface area contributed by atoms with Gasteiger partial charge < -0.3 is 9.47 Å². The summed E-state index contributed by atoms with van der Waals surface area (Å²) in [5, 5.41) is 0. The lowest BCUT2D eigenvalue weighted by molar-refractivity contribution is -0.115. The van der Waals surface area contributed by atoms with Gasteiger partial charge in [-0.2, -0.15) is 0 Å². The highest BCUT2D eigenvalue weighted by molar-refractivity contribution is 6.31. The molecule has 2 heterocycles. The molecule has 2 amide bonds. The van der Waals surface area contributed by atoms with E-state index in [2.05, 4.69) is 0 Å². The summed E-state index contributed by atoms with van der Waals surface area (Å²) < 4.78 is 1.78. The maximum Gasteiger partial charge on any atom is 0.277 e. The fraction of sp³-hybridized carbons (Fsp3) is 0.333. The molecule has 24 heavy (non-hydrogen) atoms. The predicted molar refractivity (Wildman–Crippen MR) is 96.4 cm³/mol. The highest BCUT2D eigenvalue weighted by Crippen LogP contribution is 2.43. The van der Waals surface area contributed by atoms with Gasteiger partial charge in [0.15, 0.2) is 0 Å². The summed E-state index contributed by atoms with van der Waals surface area (Å²) in [6, 6.07) is 7.40. The molecule has 0 radical (unpaired) electrons. The van der Waals surface area contributed by atoms with Crippen LogP contribution in [0.5, 0.6) is 0 Å². The number of carbonyl (C=O) groups is 2. The molecule has 1 aromatic carbocycles. The molecule has 1 aliphatic rings. The Bertz CT molecular complexity index is 826. The highest BCUT2D eigenvalue weighted by atomic mass is 35.5. The van der Waals surface area contributed by atoms with Crippen LogP contribution in [0.2, 0.25) is 0 Å². The first-order valence-corrected chi connectivity index (χ1v) is 8.39. The Kier molecular flexibility index (Phi) is 4.13. The van der Waals surface area contributed by atoms with E-state index in [1.807, 2.05) is 58.3 Å². The zero-order valence-electron chi connectivity index (χ0n) is 14.2. The lowest BCUT2D eigenvalue weighted by Crippen LogP contribution is -2.37. The van der Waals surface area contributed by atoms with E-state index in [1.54, 1.807) is 14.4 Å². The minimum absolute atomic E-state index is 0.0484. The molecule has 0 spiro atoms. The molecule has 0 fully saturated rings. The van der Waals surface area contributed by atoms with E-state index in [0.717, 1.165) is 5.56 Å². The third-order valence-corrected chi connectivity index (χ3v) is 4.47. The maximum atomic E-state index is 13.3. The number of hydrogen-bond donors (Lipinski definition) is 0. The summed E-state index contributed by atoms with van der Waals surface area (Å²) in [6.45, 7) is 5.82. The smallest absolute Gasteiger partial charge is 0.277 e. The van der Waals surface area contributed by atoms with Crippen LogP contribution in [0.4, 0.5) is 17.1 Å². The van der Waals surface area contributed by atoms with Crippen LogP contribution in [0.25, 0.3) is 0 Å². The van der Waals surface area contributed by atoms with E-state index in [1.165, 1.54) is 0 Å². The number of anilines is 3. The average Bonchev–Trinajstić information content (AvgIpc) is 2.76. The fourth-order valence-electron chi connectivity index (χ4n) is 3.34. The van der Waals surface area contributed by atoms with E-state index in [0.29, 0.717) is 22.8 Å². The molecule has 6 heteroatoms. The lowest BCUT2D eigenvalue weighted by atomic mass is 10.2. The van der Waals surface area contributed by atoms with Crippen molar-refractivity contribution in [3.63, 3.8) is 0 Å². The molecular weight excluding hydrogens is 326 g/mol. The zero-order chi connectivity index (χ0) is 17.6. The highest BCUT2D eigenvalue weighted by Gasteiger charge is 2.37. The first-order chi connectivity index (χ1) is 11.4. The third kappa shape index (κ3) is 2.31. The number of hydrogen-bond acceptors (Lipinski definition) is 2. The number of alkyl halides is 1. The summed E-state index contributed by atoms with van der Waals surface area (Å²) in [6.07, 6.45) is 1.86. The molecule has 0 aliphatic carbocycles. The summed E-state index contributed by atoms with van der Waals surface area (Å²) in [7, 11) is 1.82. The van der Waals surface area contributed by atoms with Crippen molar-refractivity contribution >= 4 is 40.5 Å². The van der Waals surface area contributed by atoms with Crippen molar-refractivity contribution in [1.82, 2.24) is 4.57 Å². The number of rotatable bonds is 2. The van der Waals surface area contributed by atoms with Gasteiger partial charge in [0.25, 0.3) is 5.91 Å². The summed E-state index contributed by atoms with van der Waals surface area (Å²) in [5.41, 5.74) is 3.36. The fourth-order valence-corrected chi connectivity index (χ4v) is 3.46. The quantitative estimate of drug-likeness (QED) is 0.780. The van der Waals surface area contributed by atoms with Crippen LogP contribution in [0.3, 0.4) is 0 Å². The number of nitrogens with zero attached hydrogens (tertiary/aromatic N) is 3. The Morgan fingerprint density at radius 1 is 1.21 bits per heavy atom. The van der Waals surface area contributed by atoms with Crippen molar-refractivity contribution < 1.29 is 9.59 Å². The van der Waals surface area contributed by atoms with Crippen LogP contribution in [-0.2, 0) is 11.8 Å². The van der Waals surface area contributed by atoms with Gasteiger partial charge in [-0.05, 0) is 38.5 Å². The molecule has 0 N–H and O–H groups in total. The lowest BCUT2D eigenvalue weighted by Gasteiger charge is -2.28. The van der Waals surface area contributed by atoms with Gasteiger partial charge in [0.2, 0.25) is 5.91 Å². The second-order valence-corrected chi connectivity index (χ2v) is 6.51. The van der Waals surface area contributed by atoms with Gasteiger partial charge >= 0.3 is 0 Å². The van der Waals surface area contributed by atoms with Gasteiger partial charge in [0.1, 0.15) is 11.6 Å². The number of halogens is 1. The van der Waals surface area contributed by atoms with Crippen molar-refractivity contribution in [2.24, 2.45) is 7.05 Å².